The second-order valence-corrected chi connectivity index (χ2v) is 15.1. The van der Waals surface area contributed by atoms with Crippen LogP contribution in [0.2, 0.25) is 0 Å². The fraction of sp³-hybridized carbons (Fsp3) is 0.913. The van der Waals surface area contributed by atoms with Crippen molar-refractivity contribution >= 4 is 44.2 Å². The highest BCUT2D eigenvalue weighted by Gasteiger charge is 2.75. The molecule has 2 aliphatic rings. The summed E-state index contributed by atoms with van der Waals surface area (Å²) in [6, 6.07) is -0.788. The minimum atomic E-state index is -6.13. The minimum absolute atomic E-state index is 0.259. The monoisotopic (exact) mass is 694 g/mol. The van der Waals surface area contributed by atoms with Crippen LogP contribution in [0.15, 0.2) is 0 Å². The summed E-state index contributed by atoms with van der Waals surface area (Å²) in [5.41, 5.74) is -6.45. The highest BCUT2D eigenvalue weighted by molar-refractivity contribution is 14.1. The predicted octanol–water partition coefficient (Wildman–Crippen LogP) is 4.90. The van der Waals surface area contributed by atoms with E-state index in [1.807, 2.05) is 22.6 Å². The van der Waals surface area contributed by atoms with Gasteiger partial charge in [-0.15, -0.1) is 0 Å². The summed E-state index contributed by atoms with van der Waals surface area (Å²) in [6.45, 7) is 4.45. The van der Waals surface area contributed by atoms with E-state index < -0.39 is 87.8 Å². The number of hydrogen-bond acceptors (Lipinski definition) is 4. The van der Waals surface area contributed by atoms with E-state index in [2.05, 4.69) is 10.6 Å². The Morgan fingerprint density at radius 1 is 0.921 bits per heavy atom. The predicted molar refractivity (Wildman–Crippen MR) is 135 cm³/mol. The zero-order valence-electron chi connectivity index (χ0n) is 21.5. The van der Waals surface area contributed by atoms with E-state index in [0.717, 1.165) is 6.26 Å². The van der Waals surface area contributed by atoms with Crippen LogP contribution in [0.25, 0.3) is 0 Å². The lowest BCUT2D eigenvalue weighted by Crippen LogP contribution is -2.60. The number of halogens is 8. The maximum Gasteiger partial charge on any atom is 0.431 e. The van der Waals surface area contributed by atoms with E-state index in [0.29, 0.717) is 19.3 Å². The summed E-state index contributed by atoms with van der Waals surface area (Å²) in [5, 5.41) is 5.39. The quantitative estimate of drug-likeness (QED) is 0.226. The molecule has 6 unspecified atom stereocenters. The van der Waals surface area contributed by atoms with E-state index in [9.17, 15) is 48.7 Å². The number of rotatable bonds is 7. The number of nitrogens with one attached hydrogen (secondary N) is 2. The van der Waals surface area contributed by atoms with Gasteiger partial charge < -0.3 is 10.6 Å². The molecular weight excluding hydrogens is 660 g/mol. The molecule has 38 heavy (non-hydrogen) atoms. The van der Waals surface area contributed by atoms with Gasteiger partial charge >= 0.3 is 18.0 Å². The number of carbonyl (C=O) groups is 2. The van der Waals surface area contributed by atoms with E-state index in [1.165, 1.54) is 6.92 Å². The van der Waals surface area contributed by atoms with Crippen molar-refractivity contribution < 1.29 is 48.7 Å². The molecule has 2 aliphatic carbocycles. The average Bonchev–Trinajstić information content (AvgIpc) is 2.70. The highest BCUT2D eigenvalue weighted by Crippen LogP contribution is 2.55. The van der Waals surface area contributed by atoms with Crippen LogP contribution in [-0.4, -0.2) is 65.8 Å². The third-order valence-corrected chi connectivity index (χ3v) is 10.1. The van der Waals surface area contributed by atoms with Gasteiger partial charge in [0, 0.05) is 27.7 Å². The Morgan fingerprint density at radius 2 is 1.47 bits per heavy atom. The van der Waals surface area contributed by atoms with Gasteiger partial charge in [-0.3, -0.25) is 9.59 Å². The third-order valence-electron chi connectivity index (χ3n) is 7.43. The van der Waals surface area contributed by atoms with Crippen LogP contribution in [0.3, 0.4) is 0 Å². The smallest absolute Gasteiger partial charge is 0.353 e. The summed E-state index contributed by atoms with van der Waals surface area (Å²) in [4.78, 5) is 26.4. The molecule has 0 saturated heterocycles. The molecule has 0 aliphatic heterocycles. The molecule has 0 aromatic carbocycles. The standard InChI is InChI=1S/C23H34F7IN2O4S/c1-12-10-13(21(24,22(25,26)27)23(28,29)30)8-9-16(12)32-18(34)14-6-5-7-15(31)17(14)19(35)33-20(2,3)11-38(4,36)37/h12-17H,5-11H2,1-4H3,(H,32,34)(H,33,35). The van der Waals surface area contributed by atoms with Crippen LogP contribution in [-0.2, 0) is 19.4 Å². The number of alkyl halides is 8. The molecule has 0 spiro atoms. The van der Waals surface area contributed by atoms with Crippen molar-refractivity contribution in [2.24, 2.45) is 23.7 Å². The first-order chi connectivity index (χ1) is 17.0. The number of sulfone groups is 1. The Hall–Kier alpha value is -0.870. The highest BCUT2D eigenvalue weighted by atomic mass is 127. The molecule has 0 aromatic rings. The van der Waals surface area contributed by atoms with Crippen molar-refractivity contribution in [3.63, 3.8) is 0 Å². The lowest BCUT2D eigenvalue weighted by atomic mass is 9.71. The molecule has 222 valence electrons. The van der Waals surface area contributed by atoms with Gasteiger partial charge in [0.15, 0.2) is 0 Å². The van der Waals surface area contributed by atoms with E-state index >= 15 is 0 Å². The zero-order valence-corrected chi connectivity index (χ0v) is 24.5. The van der Waals surface area contributed by atoms with Crippen LogP contribution >= 0.6 is 22.6 Å². The van der Waals surface area contributed by atoms with Gasteiger partial charge in [-0.1, -0.05) is 35.9 Å². The largest absolute Gasteiger partial charge is 0.431 e. The Labute approximate surface area is 231 Å². The topological polar surface area (TPSA) is 92.3 Å². The molecule has 2 N–H and O–H groups in total. The fourth-order valence-electron chi connectivity index (χ4n) is 5.78. The first kappa shape index (κ1) is 33.3. The van der Waals surface area contributed by atoms with Crippen molar-refractivity contribution in [1.82, 2.24) is 10.6 Å². The Balaban J connectivity index is 2.15. The van der Waals surface area contributed by atoms with Gasteiger partial charge in [0.1, 0.15) is 9.84 Å². The molecule has 0 heterocycles. The van der Waals surface area contributed by atoms with Gasteiger partial charge in [-0.2, -0.15) is 26.3 Å². The number of carbonyl (C=O) groups excluding carboxylic acids is 2. The lowest BCUT2D eigenvalue weighted by Gasteiger charge is -2.43. The Bertz CT molecular complexity index is 973. The summed E-state index contributed by atoms with van der Waals surface area (Å²) in [5.74, 6) is -6.24. The molecule has 6 atom stereocenters. The summed E-state index contributed by atoms with van der Waals surface area (Å²) in [6.07, 6.45) is -11.4. The van der Waals surface area contributed by atoms with E-state index in [1.54, 1.807) is 13.8 Å². The molecule has 6 nitrogen and oxygen atoms in total. The number of amides is 2. The molecule has 2 amide bonds. The van der Waals surface area contributed by atoms with Crippen LogP contribution in [0.5, 0.6) is 0 Å². The summed E-state index contributed by atoms with van der Waals surface area (Å²) >= 11 is 2.05. The van der Waals surface area contributed by atoms with Crippen molar-refractivity contribution in [3.05, 3.63) is 0 Å². The second-order valence-electron chi connectivity index (χ2n) is 11.3. The van der Waals surface area contributed by atoms with Gasteiger partial charge in [-0.25, -0.2) is 12.8 Å². The van der Waals surface area contributed by atoms with E-state index in [4.69, 9.17) is 0 Å². The molecule has 0 bridgehead atoms. The molecule has 2 rings (SSSR count). The molecular formula is C23H34F7IN2O4S. The van der Waals surface area contributed by atoms with Crippen molar-refractivity contribution in [1.29, 1.82) is 0 Å². The van der Waals surface area contributed by atoms with E-state index in [-0.39, 0.29) is 16.1 Å². The molecule has 2 fully saturated rings. The van der Waals surface area contributed by atoms with Gasteiger partial charge in [0.05, 0.1) is 17.6 Å². The first-order valence-electron chi connectivity index (χ1n) is 12.3. The normalized spacial score (nSPS) is 30.0. The maximum atomic E-state index is 14.5. The van der Waals surface area contributed by atoms with Gasteiger partial charge in [0.25, 0.3) is 0 Å². The first-order valence-corrected chi connectivity index (χ1v) is 15.6. The summed E-state index contributed by atoms with van der Waals surface area (Å²) in [7, 11) is -3.42. The maximum absolute atomic E-state index is 14.5. The fourth-order valence-corrected chi connectivity index (χ4v) is 8.43. The van der Waals surface area contributed by atoms with Crippen molar-refractivity contribution in [3.8, 4) is 0 Å². The minimum Gasteiger partial charge on any atom is -0.353 e. The van der Waals surface area contributed by atoms with Crippen LogP contribution < -0.4 is 10.6 Å². The lowest BCUT2D eigenvalue weighted by molar-refractivity contribution is -0.361. The Morgan fingerprint density at radius 3 is 1.95 bits per heavy atom. The number of hydrogen-bond donors (Lipinski definition) is 2. The second kappa shape index (κ2) is 11.6. The molecule has 0 radical (unpaired) electrons. The summed E-state index contributed by atoms with van der Waals surface area (Å²) < 4.78 is 117. The van der Waals surface area contributed by atoms with Crippen molar-refractivity contribution in [2.75, 3.05) is 12.0 Å². The average molecular weight is 694 g/mol. The molecule has 0 aromatic heterocycles. The Kier molecular flexibility index (Phi) is 10.1. The SMILES string of the molecule is CC1CC(C(F)(C(F)(F)F)C(F)(F)F)CCC1NC(=O)C1CCCC(I)C1C(=O)NC(C)(C)CS(C)(=O)=O. The van der Waals surface area contributed by atoms with Crippen LogP contribution in [0, 0.1) is 23.7 Å². The molecule has 2 saturated carbocycles. The van der Waals surface area contributed by atoms with Crippen LogP contribution in [0.4, 0.5) is 30.7 Å². The third kappa shape index (κ3) is 7.65. The van der Waals surface area contributed by atoms with Crippen LogP contribution in [0.1, 0.15) is 59.3 Å². The van der Waals surface area contributed by atoms with Gasteiger partial charge in [0.2, 0.25) is 11.8 Å². The van der Waals surface area contributed by atoms with Crippen molar-refractivity contribution in [2.45, 2.75) is 92.8 Å². The zero-order chi connectivity index (χ0) is 29.5. The molecule has 15 heteroatoms. The van der Waals surface area contributed by atoms with Gasteiger partial charge in [-0.05, 0) is 51.9 Å².